The molecule has 0 heterocycles. The highest BCUT2D eigenvalue weighted by Crippen LogP contribution is 2.41. The summed E-state index contributed by atoms with van der Waals surface area (Å²) in [6.07, 6.45) is 6.37. The number of nitrogens with two attached hydrogens (primary N) is 1. The predicted molar refractivity (Wildman–Crippen MR) is 42.8 cm³/mol. The fraction of sp³-hybridized carbons (Fsp3) is 0.778. The molecule has 3 atom stereocenters. The SMILES string of the molecule is NC1C=CC(C2CC2)CC1F. The molecule has 1 saturated carbocycles. The zero-order valence-corrected chi connectivity index (χ0v) is 6.54. The normalized spacial score (nSPS) is 44.4. The van der Waals surface area contributed by atoms with Gasteiger partial charge in [-0.15, -0.1) is 0 Å². The first-order valence-electron chi connectivity index (χ1n) is 4.35. The average molecular weight is 155 g/mol. The molecule has 2 aliphatic rings. The topological polar surface area (TPSA) is 26.0 Å². The van der Waals surface area contributed by atoms with Gasteiger partial charge in [-0.25, -0.2) is 4.39 Å². The van der Waals surface area contributed by atoms with Crippen molar-refractivity contribution in [1.29, 1.82) is 0 Å². The van der Waals surface area contributed by atoms with Gasteiger partial charge >= 0.3 is 0 Å². The first-order chi connectivity index (χ1) is 5.27. The number of rotatable bonds is 1. The highest BCUT2D eigenvalue weighted by atomic mass is 19.1. The Morgan fingerprint density at radius 1 is 1.27 bits per heavy atom. The van der Waals surface area contributed by atoms with Gasteiger partial charge in [0, 0.05) is 0 Å². The largest absolute Gasteiger partial charge is 0.322 e. The van der Waals surface area contributed by atoms with Crippen LogP contribution < -0.4 is 5.73 Å². The number of halogens is 1. The Bertz CT molecular complexity index is 174. The first kappa shape index (κ1) is 7.29. The molecule has 2 heteroatoms. The number of allylic oxidation sites excluding steroid dienone is 1. The fourth-order valence-corrected chi connectivity index (χ4v) is 1.76. The fourth-order valence-electron chi connectivity index (χ4n) is 1.76. The maximum atomic E-state index is 13.0. The molecular weight excluding hydrogens is 141 g/mol. The third-order valence-electron chi connectivity index (χ3n) is 2.72. The molecule has 0 radical (unpaired) electrons. The van der Waals surface area contributed by atoms with Crippen molar-refractivity contribution in [3.8, 4) is 0 Å². The third-order valence-corrected chi connectivity index (χ3v) is 2.72. The lowest BCUT2D eigenvalue weighted by molar-refractivity contribution is 0.243. The van der Waals surface area contributed by atoms with Gasteiger partial charge in [-0.2, -0.15) is 0 Å². The van der Waals surface area contributed by atoms with Gasteiger partial charge < -0.3 is 5.73 Å². The van der Waals surface area contributed by atoms with Gasteiger partial charge in [0.05, 0.1) is 6.04 Å². The molecule has 1 nitrogen and oxygen atoms in total. The summed E-state index contributed by atoms with van der Waals surface area (Å²) in [7, 11) is 0. The smallest absolute Gasteiger partial charge is 0.119 e. The molecule has 0 saturated heterocycles. The second-order valence-corrected chi connectivity index (χ2v) is 3.72. The number of hydrogen-bond acceptors (Lipinski definition) is 1. The van der Waals surface area contributed by atoms with E-state index < -0.39 is 6.17 Å². The van der Waals surface area contributed by atoms with E-state index in [2.05, 4.69) is 6.08 Å². The Morgan fingerprint density at radius 2 is 2.00 bits per heavy atom. The zero-order valence-electron chi connectivity index (χ0n) is 6.54. The Kier molecular flexibility index (Phi) is 1.72. The number of alkyl halides is 1. The van der Waals surface area contributed by atoms with Gasteiger partial charge in [-0.1, -0.05) is 12.2 Å². The molecule has 0 aliphatic heterocycles. The lowest BCUT2D eigenvalue weighted by Gasteiger charge is -2.23. The quantitative estimate of drug-likeness (QED) is 0.572. The van der Waals surface area contributed by atoms with Crippen LogP contribution in [0.2, 0.25) is 0 Å². The standard InChI is InChI=1S/C9H14FN/c10-8-5-7(6-1-2-6)3-4-9(8)11/h3-4,6-9H,1-2,5,11H2. The van der Waals surface area contributed by atoms with E-state index in [9.17, 15) is 4.39 Å². The van der Waals surface area contributed by atoms with Crippen molar-refractivity contribution in [3.05, 3.63) is 12.2 Å². The highest BCUT2D eigenvalue weighted by Gasteiger charge is 2.34. The number of hydrogen-bond donors (Lipinski definition) is 1. The lowest BCUT2D eigenvalue weighted by Crippen LogP contribution is -2.34. The summed E-state index contributed by atoms with van der Waals surface area (Å²) in [5.74, 6) is 1.27. The predicted octanol–water partition coefficient (Wildman–Crippen LogP) is 1.64. The van der Waals surface area contributed by atoms with Crippen LogP contribution in [-0.4, -0.2) is 12.2 Å². The van der Waals surface area contributed by atoms with Gasteiger partial charge in [0.2, 0.25) is 0 Å². The minimum absolute atomic E-state index is 0.343. The molecule has 2 N–H and O–H groups in total. The molecule has 0 amide bonds. The summed E-state index contributed by atoms with van der Waals surface area (Å²) in [6, 6.07) is -0.343. The van der Waals surface area contributed by atoms with E-state index in [1.807, 2.05) is 6.08 Å². The van der Waals surface area contributed by atoms with E-state index in [1.54, 1.807) is 0 Å². The molecule has 62 valence electrons. The van der Waals surface area contributed by atoms with E-state index >= 15 is 0 Å². The molecule has 0 aromatic rings. The molecule has 0 aromatic carbocycles. The minimum atomic E-state index is -0.800. The average Bonchev–Trinajstić information content (AvgIpc) is 2.77. The van der Waals surface area contributed by atoms with Crippen LogP contribution in [0.4, 0.5) is 4.39 Å². The molecule has 2 rings (SSSR count). The second kappa shape index (κ2) is 2.59. The van der Waals surface area contributed by atoms with Crippen molar-refractivity contribution >= 4 is 0 Å². The van der Waals surface area contributed by atoms with Crippen LogP contribution >= 0.6 is 0 Å². The summed E-state index contributed by atoms with van der Waals surface area (Å²) in [4.78, 5) is 0. The van der Waals surface area contributed by atoms with Gasteiger partial charge in [0.1, 0.15) is 6.17 Å². The van der Waals surface area contributed by atoms with Crippen molar-refractivity contribution in [2.75, 3.05) is 0 Å². The molecule has 2 aliphatic carbocycles. The van der Waals surface area contributed by atoms with Crippen molar-refractivity contribution < 1.29 is 4.39 Å². The van der Waals surface area contributed by atoms with Crippen LogP contribution in [0.15, 0.2) is 12.2 Å². The van der Waals surface area contributed by atoms with Crippen LogP contribution in [0.5, 0.6) is 0 Å². The van der Waals surface area contributed by atoms with Gasteiger partial charge in [0.15, 0.2) is 0 Å². The van der Waals surface area contributed by atoms with E-state index in [1.165, 1.54) is 12.8 Å². The van der Waals surface area contributed by atoms with Gasteiger partial charge in [0.25, 0.3) is 0 Å². The molecule has 0 bridgehead atoms. The van der Waals surface area contributed by atoms with Gasteiger partial charge in [-0.05, 0) is 31.1 Å². The summed E-state index contributed by atoms with van der Waals surface area (Å²) >= 11 is 0. The van der Waals surface area contributed by atoms with Crippen molar-refractivity contribution in [2.45, 2.75) is 31.5 Å². The summed E-state index contributed by atoms with van der Waals surface area (Å²) in [5, 5.41) is 0. The Balaban J connectivity index is 1.99. The molecule has 11 heavy (non-hydrogen) atoms. The van der Waals surface area contributed by atoms with Crippen molar-refractivity contribution in [1.82, 2.24) is 0 Å². The van der Waals surface area contributed by atoms with E-state index in [0.717, 1.165) is 5.92 Å². The van der Waals surface area contributed by atoms with Crippen molar-refractivity contribution in [2.24, 2.45) is 17.6 Å². The van der Waals surface area contributed by atoms with Crippen LogP contribution in [0, 0.1) is 11.8 Å². The van der Waals surface area contributed by atoms with E-state index in [0.29, 0.717) is 12.3 Å². The summed E-state index contributed by atoms with van der Waals surface area (Å²) in [6.45, 7) is 0. The van der Waals surface area contributed by atoms with Crippen LogP contribution in [-0.2, 0) is 0 Å². The van der Waals surface area contributed by atoms with E-state index in [4.69, 9.17) is 5.73 Å². The Hall–Kier alpha value is -0.370. The molecular formula is C9H14FN. The third kappa shape index (κ3) is 1.45. The molecule has 3 unspecified atom stereocenters. The maximum Gasteiger partial charge on any atom is 0.119 e. The van der Waals surface area contributed by atoms with Crippen LogP contribution in [0.1, 0.15) is 19.3 Å². The van der Waals surface area contributed by atoms with Gasteiger partial charge in [-0.3, -0.25) is 0 Å². The molecule has 1 fully saturated rings. The highest BCUT2D eigenvalue weighted by molar-refractivity contribution is 5.08. The molecule has 0 aromatic heterocycles. The first-order valence-corrected chi connectivity index (χ1v) is 4.35. The molecule has 0 spiro atoms. The second-order valence-electron chi connectivity index (χ2n) is 3.72. The summed E-state index contributed by atoms with van der Waals surface area (Å²) in [5.41, 5.74) is 5.50. The Morgan fingerprint density at radius 3 is 2.55 bits per heavy atom. The minimum Gasteiger partial charge on any atom is -0.322 e. The van der Waals surface area contributed by atoms with Crippen LogP contribution in [0.25, 0.3) is 0 Å². The maximum absolute atomic E-state index is 13.0. The van der Waals surface area contributed by atoms with E-state index in [-0.39, 0.29) is 6.04 Å². The van der Waals surface area contributed by atoms with Crippen molar-refractivity contribution in [3.63, 3.8) is 0 Å². The summed E-state index contributed by atoms with van der Waals surface area (Å²) < 4.78 is 13.0. The monoisotopic (exact) mass is 155 g/mol. The Labute approximate surface area is 66.5 Å². The van der Waals surface area contributed by atoms with Crippen LogP contribution in [0.3, 0.4) is 0 Å². The zero-order chi connectivity index (χ0) is 7.84. The lowest BCUT2D eigenvalue weighted by atomic mass is 9.88.